The van der Waals surface area contributed by atoms with Gasteiger partial charge in [0.25, 0.3) is 5.69 Å². The highest BCUT2D eigenvalue weighted by Crippen LogP contribution is 2.25. The smallest absolute Gasteiger partial charge is 0.292 e. The largest absolute Gasteiger partial charge is 0.383 e. The maximum Gasteiger partial charge on any atom is 0.292 e. The third-order valence-electron chi connectivity index (χ3n) is 3.01. The summed E-state index contributed by atoms with van der Waals surface area (Å²) < 4.78 is 18.9. The van der Waals surface area contributed by atoms with Crippen LogP contribution in [0.2, 0.25) is 0 Å². The molecule has 2 rings (SSSR count). The topological polar surface area (TPSA) is 64.4 Å². The van der Waals surface area contributed by atoms with E-state index < -0.39 is 4.92 Å². The van der Waals surface area contributed by atoms with Gasteiger partial charge in [-0.25, -0.2) is 4.39 Å². The van der Waals surface area contributed by atoms with Gasteiger partial charge in [0.15, 0.2) is 0 Å². The number of nitrogens with zero attached hydrogens (tertiary/aromatic N) is 1. The summed E-state index contributed by atoms with van der Waals surface area (Å²) >= 11 is 0. The molecule has 0 unspecified atom stereocenters. The van der Waals surface area contributed by atoms with Gasteiger partial charge >= 0.3 is 0 Å². The number of halogens is 1. The SMILES string of the molecule is CNc1cc(COCc2ccccc2F)ccc1[N+](=O)[O-]. The molecule has 0 radical (unpaired) electrons. The highest BCUT2D eigenvalue weighted by Gasteiger charge is 2.12. The van der Waals surface area contributed by atoms with E-state index in [0.717, 1.165) is 5.56 Å². The molecule has 0 aliphatic rings. The minimum atomic E-state index is -0.449. The van der Waals surface area contributed by atoms with Crippen LogP contribution < -0.4 is 5.32 Å². The third-order valence-corrected chi connectivity index (χ3v) is 3.01. The molecule has 0 spiro atoms. The highest BCUT2D eigenvalue weighted by molar-refractivity contribution is 5.62. The first-order valence-electron chi connectivity index (χ1n) is 6.38. The molecule has 0 heterocycles. The molecule has 0 atom stereocenters. The molecule has 1 N–H and O–H groups in total. The predicted molar refractivity (Wildman–Crippen MR) is 77.5 cm³/mol. The highest BCUT2D eigenvalue weighted by atomic mass is 19.1. The number of rotatable bonds is 6. The minimum absolute atomic E-state index is 0.00959. The summed E-state index contributed by atoms with van der Waals surface area (Å²) in [5.41, 5.74) is 1.69. The third kappa shape index (κ3) is 3.76. The number of nitrogens with one attached hydrogen (secondary N) is 1. The summed E-state index contributed by atoms with van der Waals surface area (Å²) in [6.07, 6.45) is 0. The molecular formula is C15H15FN2O3. The van der Waals surface area contributed by atoms with E-state index >= 15 is 0 Å². The monoisotopic (exact) mass is 290 g/mol. The molecule has 0 saturated heterocycles. The first-order valence-corrected chi connectivity index (χ1v) is 6.38. The van der Waals surface area contributed by atoms with Crippen LogP contribution in [0.5, 0.6) is 0 Å². The normalized spacial score (nSPS) is 10.4. The Morgan fingerprint density at radius 1 is 1.24 bits per heavy atom. The molecule has 0 aromatic heterocycles. The summed E-state index contributed by atoms with van der Waals surface area (Å²) in [5.74, 6) is -0.308. The first-order chi connectivity index (χ1) is 10.1. The summed E-state index contributed by atoms with van der Waals surface area (Å²) in [6.45, 7) is 0.402. The molecule has 0 saturated carbocycles. The van der Waals surface area contributed by atoms with Crippen LogP contribution in [-0.2, 0) is 18.0 Å². The van der Waals surface area contributed by atoms with Crippen LogP contribution in [0.25, 0.3) is 0 Å². The van der Waals surface area contributed by atoms with Gasteiger partial charge in [-0.2, -0.15) is 0 Å². The maximum atomic E-state index is 13.4. The zero-order chi connectivity index (χ0) is 15.2. The van der Waals surface area contributed by atoms with E-state index in [2.05, 4.69) is 5.32 Å². The fraction of sp³-hybridized carbons (Fsp3) is 0.200. The molecule has 0 fully saturated rings. The van der Waals surface area contributed by atoms with Crippen LogP contribution in [-0.4, -0.2) is 12.0 Å². The number of anilines is 1. The van der Waals surface area contributed by atoms with Crippen molar-refractivity contribution >= 4 is 11.4 Å². The van der Waals surface area contributed by atoms with Crippen LogP contribution in [0.4, 0.5) is 15.8 Å². The van der Waals surface area contributed by atoms with E-state index in [0.29, 0.717) is 11.3 Å². The van der Waals surface area contributed by atoms with Crippen molar-refractivity contribution in [1.82, 2.24) is 0 Å². The van der Waals surface area contributed by atoms with Gasteiger partial charge in [-0.05, 0) is 23.8 Å². The number of nitro groups is 1. The lowest BCUT2D eigenvalue weighted by molar-refractivity contribution is -0.384. The van der Waals surface area contributed by atoms with Crippen molar-refractivity contribution in [1.29, 1.82) is 0 Å². The van der Waals surface area contributed by atoms with Crippen molar-refractivity contribution in [3.05, 3.63) is 69.5 Å². The van der Waals surface area contributed by atoms with Gasteiger partial charge in [0, 0.05) is 18.7 Å². The molecule has 2 aromatic carbocycles. The number of hydrogen-bond donors (Lipinski definition) is 1. The molecule has 0 amide bonds. The molecule has 0 bridgehead atoms. The van der Waals surface area contributed by atoms with E-state index in [1.165, 1.54) is 12.1 Å². The van der Waals surface area contributed by atoms with Crippen molar-refractivity contribution in [2.45, 2.75) is 13.2 Å². The standard InChI is InChI=1S/C15H15FN2O3/c1-17-14-8-11(6-7-15(14)18(19)20)9-21-10-12-4-2-3-5-13(12)16/h2-8,17H,9-10H2,1H3. The Hall–Kier alpha value is -2.47. The summed E-state index contributed by atoms with van der Waals surface area (Å²) in [7, 11) is 1.62. The fourth-order valence-electron chi connectivity index (χ4n) is 1.93. The van der Waals surface area contributed by atoms with E-state index in [4.69, 9.17) is 4.74 Å². The molecule has 0 aliphatic heterocycles. The summed E-state index contributed by atoms with van der Waals surface area (Å²) in [4.78, 5) is 10.4. The van der Waals surface area contributed by atoms with Gasteiger partial charge in [0.05, 0.1) is 18.1 Å². The first kappa shape index (κ1) is 14.9. The molecule has 2 aromatic rings. The molecule has 21 heavy (non-hydrogen) atoms. The van der Waals surface area contributed by atoms with Crippen LogP contribution in [0.15, 0.2) is 42.5 Å². The van der Waals surface area contributed by atoms with Crippen molar-refractivity contribution < 1.29 is 14.1 Å². The second-order valence-corrected chi connectivity index (χ2v) is 4.44. The number of nitro benzene ring substituents is 1. The van der Waals surface area contributed by atoms with Gasteiger partial charge in [-0.1, -0.05) is 18.2 Å². The van der Waals surface area contributed by atoms with Crippen LogP contribution in [0, 0.1) is 15.9 Å². The van der Waals surface area contributed by atoms with Crippen LogP contribution >= 0.6 is 0 Å². The quantitative estimate of drug-likeness (QED) is 0.653. The van der Waals surface area contributed by atoms with E-state index in [1.807, 2.05) is 0 Å². The Balaban J connectivity index is 2.01. The zero-order valence-corrected chi connectivity index (χ0v) is 11.5. The van der Waals surface area contributed by atoms with Crippen molar-refractivity contribution in [2.24, 2.45) is 0 Å². The Kier molecular flexibility index (Phi) is 4.84. The second kappa shape index (κ2) is 6.81. The average Bonchev–Trinajstić information content (AvgIpc) is 2.48. The average molecular weight is 290 g/mol. The Labute approximate surface area is 121 Å². The lowest BCUT2D eigenvalue weighted by Gasteiger charge is -2.08. The Bertz CT molecular complexity index is 647. The minimum Gasteiger partial charge on any atom is -0.383 e. The van der Waals surface area contributed by atoms with Crippen LogP contribution in [0.1, 0.15) is 11.1 Å². The fourth-order valence-corrected chi connectivity index (χ4v) is 1.93. The summed E-state index contributed by atoms with van der Waals surface area (Å²) in [5, 5.41) is 13.6. The van der Waals surface area contributed by atoms with Gasteiger partial charge in [-0.3, -0.25) is 10.1 Å². The lowest BCUT2D eigenvalue weighted by atomic mass is 10.2. The van der Waals surface area contributed by atoms with Gasteiger partial charge < -0.3 is 10.1 Å². The Morgan fingerprint density at radius 3 is 2.67 bits per heavy atom. The predicted octanol–water partition coefficient (Wildman–Crippen LogP) is 3.49. The molecular weight excluding hydrogens is 275 g/mol. The zero-order valence-electron chi connectivity index (χ0n) is 11.5. The van der Waals surface area contributed by atoms with Crippen molar-refractivity contribution in [2.75, 3.05) is 12.4 Å². The van der Waals surface area contributed by atoms with Gasteiger partial charge in [0.2, 0.25) is 0 Å². The lowest BCUT2D eigenvalue weighted by Crippen LogP contribution is -2.00. The molecule has 110 valence electrons. The Morgan fingerprint density at radius 2 is 2.00 bits per heavy atom. The number of ether oxygens (including phenoxy) is 1. The van der Waals surface area contributed by atoms with E-state index in [1.54, 1.807) is 37.4 Å². The van der Waals surface area contributed by atoms with E-state index in [9.17, 15) is 14.5 Å². The molecule has 0 aliphatic carbocycles. The van der Waals surface area contributed by atoms with Crippen molar-refractivity contribution in [3.8, 4) is 0 Å². The number of benzene rings is 2. The van der Waals surface area contributed by atoms with Crippen LogP contribution in [0.3, 0.4) is 0 Å². The number of hydrogen-bond acceptors (Lipinski definition) is 4. The van der Waals surface area contributed by atoms with Gasteiger partial charge in [0.1, 0.15) is 11.5 Å². The second-order valence-electron chi connectivity index (χ2n) is 4.44. The molecule has 5 nitrogen and oxygen atoms in total. The maximum absolute atomic E-state index is 13.4. The summed E-state index contributed by atoms with van der Waals surface area (Å²) in [6, 6.07) is 11.1. The van der Waals surface area contributed by atoms with E-state index in [-0.39, 0.29) is 24.7 Å². The van der Waals surface area contributed by atoms with Gasteiger partial charge in [-0.15, -0.1) is 0 Å². The molecule has 6 heteroatoms. The van der Waals surface area contributed by atoms with Crippen molar-refractivity contribution in [3.63, 3.8) is 0 Å².